The van der Waals surface area contributed by atoms with Crippen LogP contribution in [0, 0.1) is 0 Å². The lowest BCUT2D eigenvalue weighted by molar-refractivity contribution is 0.140. The average molecular weight is 210 g/mol. The minimum Gasteiger partial charge on any atom is -0.319 e. The van der Waals surface area contributed by atoms with Crippen LogP contribution in [0.1, 0.15) is 39.5 Å². The quantitative estimate of drug-likeness (QED) is 0.554. The first kappa shape index (κ1) is 12.7. The maximum absolute atomic E-state index is 3.17. The lowest BCUT2D eigenvalue weighted by Crippen LogP contribution is -2.42. The van der Waals surface area contributed by atoms with Crippen LogP contribution in [0.3, 0.4) is 0 Å². The Morgan fingerprint density at radius 1 is 1.40 bits per heavy atom. The first-order chi connectivity index (χ1) is 7.25. The summed E-state index contributed by atoms with van der Waals surface area (Å²) in [5, 5.41) is 3.17. The van der Waals surface area contributed by atoms with Gasteiger partial charge in [0.15, 0.2) is 0 Å². The number of piperidine rings is 1. The van der Waals surface area contributed by atoms with E-state index in [0.717, 1.165) is 13.0 Å². The van der Waals surface area contributed by atoms with E-state index in [-0.39, 0.29) is 0 Å². The lowest BCUT2D eigenvalue weighted by Gasteiger charge is -2.37. The molecule has 0 aliphatic carbocycles. The molecule has 1 rings (SSSR count). The van der Waals surface area contributed by atoms with E-state index in [4.69, 9.17) is 0 Å². The summed E-state index contributed by atoms with van der Waals surface area (Å²) < 4.78 is 0. The third-order valence-corrected chi connectivity index (χ3v) is 3.17. The van der Waals surface area contributed by atoms with Gasteiger partial charge in [0.05, 0.1) is 0 Å². The average Bonchev–Trinajstić information content (AvgIpc) is 2.25. The number of rotatable bonds is 5. The van der Waals surface area contributed by atoms with E-state index < -0.39 is 0 Å². The zero-order chi connectivity index (χ0) is 11.1. The van der Waals surface area contributed by atoms with Crippen LogP contribution in [0.15, 0.2) is 12.2 Å². The molecule has 1 aliphatic rings. The van der Waals surface area contributed by atoms with Crippen LogP contribution in [0.25, 0.3) is 0 Å². The van der Waals surface area contributed by atoms with Gasteiger partial charge in [0.1, 0.15) is 0 Å². The smallest absolute Gasteiger partial charge is 0.0280 e. The fourth-order valence-corrected chi connectivity index (χ4v) is 2.31. The highest BCUT2D eigenvalue weighted by Gasteiger charge is 2.21. The van der Waals surface area contributed by atoms with Gasteiger partial charge in [-0.1, -0.05) is 18.6 Å². The molecule has 0 radical (unpaired) electrons. The van der Waals surface area contributed by atoms with E-state index in [1.165, 1.54) is 25.8 Å². The zero-order valence-corrected chi connectivity index (χ0v) is 10.5. The van der Waals surface area contributed by atoms with Gasteiger partial charge >= 0.3 is 0 Å². The molecule has 2 heteroatoms. The molecule has 1 saturated heterocycles. The molecule has 15 heavy (non-hydrogen) atoms. The first-order valence-electron chi connectivity index (χ1n) is 6.32. The van der Waals surface area contributed by atoms with Crippen molar-refractivity contribution in [3.63, 3.8) is 0 Å². The molecule has 88 valence electrons. The number of nitrogens with one attached hydrogen (secondary N) is 1. The second kappa shape index (κ2) is 7.02. The minimum absolute atomic E-state index is 0.684. The van der Waals surface area contributed by atoms with Gasteiger partial charge in [-0.25, -0.2) is 0 Å². The Balaban J connectivity index is 2.38. The number of likely N-dealkylation sites (tertiary alicyclic amines) is 1. The van der Waals surface area contributed by atoms with Gasteiger partial charge in [-0.15, -0.1) is 0 Å². The number of hydrogen-bond donors (Lipinski definition) is 1. The Kier molecular flexibility index (Phi) is 5.96. The van der Waals surface area contributed by atoms with Crippen LogP contribution in [0.2, 0.25) is 0 Å². The molecular formula is C13H26N2. The predicted octanol–water partition coefficient (Wildman–Crippen LogP) is 2.42. The molecule has 1 N–H and O–H groups in total. The summed E-state index contributed by atoms with van der Waals surface area (Å²) >= 11 is 0. The predicted molar refractivity (Wildman–Crippen MR) is 67.2 cm³/mol. The van der Waals surface area contributed by atoms with Crippen molar-refractivity contribution in [2.24, 2.45) is 0 Å². The van der Waals surface area contributed by atoms with Crippen molar-refractivity contribution in [2.45, 2.75) is 51.6 Å². The van der Waals surface area contributed by atoms with Crippen LogP contribution < -0.4 is 5.32 Å². The van der Waals surface area contributed by atoms with Gasteiger partial charge in [0, 0.05) is 12.1 Å². The fraction of sp³-hybridized carbons (Fsp3) is 0.846. The molecule has 0 aromatic rings. The molecule has 1 fully saturated rings. The summed E-state index contributed by atoms with van der Waals surface area (Å²) in [4.78, 5) is 2.62. The van der Waals surface area contributed by atoms with Gasteiger partial charge in [0.25, 0.3) is 0 Å². The van der Waals surface area contributed by atoms with Crippen LogP contribution in [-0.2, 0) is 0 Å². The maximum atomic E-state index is 3.17. The highest BCUT2D eigenvalue weighted by Crippen LogP contribution is 2.20. The fourth-order valence-electron chi connectivity index (χ4n) is 2.31. The third-order valence-electron chi connectivity index (χ3n) is 3.17. The van der Waals surface area contributed by atoms with Gasteiger partial charge in [-0.3, -0.25) is 4.90 Å². The summed E-state index contributed by atoms with van der Waals surface area (Å²) in [5.74, 6) is 0. The normalized spacial score (nSPS) is 24.1. The van der Waals surface area contributed by atoms with Gasteiger partial charge in [0.2, 0.25) is 0 Å². The minimum atomic E-state index is 0.684. The summed E-state index contributed by atoms with van der Waals surface area (Å²) in [5.41, 5.74) is 0. The molecule has 1 heterocycles. The highest BCUT2D eigenvalue weighted by atomic mass is 15.2. The Morgan fingerprint density at radius 2 is 2.20 bits per heavy atom. The van der Waals surface area contributed by atoms with Crippen LogP contribution in [-0.4, -0.2) is 37.1 Å². The summed E-state index contributed by atoms with van der Waals surface area (Å²) in [7, 11) is 2.01. The topological polar surface area (TPSA) is 15.3 Å². The number of hydrogen-bond acceptors (Lipinski definition) is 2. The zero-order valence-electron chi connectivity index (χ0n) is 10.5. The molecule has 0 aromatic carbocycles. The van der Waals surface area contributed by atoms with E-state index in [1.54, 1.807) is 0 Å². The molecular weight excluding hydrogens is 184 g/mol. The molecule has 1 atom stereocenters. The Hall–Kier alpha value is -0.340. The van der Waals surface area contributed by atoms with Crippen LogP contribution in [0.5, 0.6) is 0 Å². The molecule has 0 saturated carbocycles. The Morgan fingerprint density at radius 3 is 2.87 bits per heavy atom. The molecule has 0 bridgehead atoms. The van der Waals surface area contributed by atoms with Crippen molar-refractivity contribution < 1.29 is 0 Å². The third kappa shape index (κ3) is 4.35. The standard InChI is InChI=1S/C13H26N2/c1-12(2)15-11-7-5-9-13(15)8-4-6-10-14-3/h4,8,12-14H,5-7,9-11H2,1-3H3/b8-4-. The van der Waals surface area contributed by atoms with Crippen LogP contribution >= 0.6 is 0 Å². The molecule has 0 spiro atoms. The van der Waals surface area contributed by atoms with Crippen molar-refractivity contribution in [1.82, 2.24) is 10.2 Å². The van der Waals surface area contributed by atoms with Crippen molar-refractivity contribution in [3.05, 3.63) is 12.2 Å². The molecule has 0 aromatic heterocycles. The summed E-state index contributed by atoms with van der Waals surface area (Å²) in [6.45, 7) is 6.98. The molecule has 1 aliphatic heterocycles. The van der Waals surface area contributed by atoms with Gasteiger partial charge in [-0.2, -0.15) is 0 Å². The van der Waals surface area contributed by atoms with Crippen molar-refractivity contribution in [3.8, 4) is 0 Å². The van der Waals surface area contributed by atoms with Gasteiger partial charge in [-0.05, 0) is 53.2 Å². The van der Waals surface area contributed by atoms with E-state index in [1.807, 2.05) is 7.05 Å². The first-order valence-corrected chi connectivity index (χ1v) is 6.32. The van der Waals surface area contributed by atoms with E-state index in [9.17, 15) is 0 Å². The van der Waals surface area contributed by atoms with E-state index in [0.29, 0.717) is 12.1 Å². The SMILES string of the molecule is CNCC/C=C\C1CCCCN1C(C)C. The lowest BCUT2D eigenvalue weighted by atomic mass is 10.00. The molecule has 0 amide bonds. The second-order valence-electron chi connectivity index (χ2n) is 4.72. The number of nitrogens with zero attached hydrogens (tertiary/aromatic N) is 1. The largest absolute Gasteiger partial charge is 0.319 e. The van der Waals surface area contributed by atoms with Crippen molar-refractivity contribution >= 4 is 0 Å². The van der Waals surface area contributed by atoms with Crippen molar-refractivity contribution in [2.75, 3.05) is 20.1 Å². The molecule has 2 nitrogen and oxygen atoms in total. The summed E-state index contributed by atoms with van der Waals surface area (Å²) in [6.07, 6.45) is 10.0. The Labute approximate surface area is 94.7 Å². The monoisotopic (exact) mass is 210 g/mol. The Bertz CT molecular complexity index is 187. The van der Waals surface area contributed by atoms with Gasteiger partial charge < -0.3 is 5.32 Å². The van der Waals surface area contributed by atoms with Crippen LogP contribution in [0.4, 0.5) is 0 Å². The molecule has 1 unspecified atom stereocenters. The van der Waals surface area contributed by atoms with E-state index in [2.05, 4.69) is 36.2 Å². The second-order valence-corrected chi connectivity index (χ2v) is 4.72. The summed E-state index contributed by atoms with van der Waals surface area (Å²) in [6, 6.07) is 1.37. The maximum Gasteiger partial charge on any atom is 0.0280 e. The highest BCUT2D eigenvalue weighted by molar-refractivity contribution is 4.97. The van der Waals surface area contributed by atoms with Crippen molar-refractivity contribution in [1.29, 1.82) is 0 Å². The van der Waals surface area contributed by atoms with E-state index >= 15 is 0 Å².